The van der Waals surface area contributed by atoms with Gasteiger partial charge in [0.2, 0.25) is 0 Å². The number of fused-ring (bicyclic) bond motifs is 1. The summed E-state index contributed by atoms with van der Waals surface area (Å²) in [7, 11) is 1.90. The molecule has 3 aromatic heterocycles. The molecule has 1 aliphatic heterocycles. The zero-order valence-corrected chi connectivity index (χ0v) is 19.8. The van der Waals surface area contributed by atoms with E-state index in [1.54, 1.807) is 6.33 Å². The molecular formula is C25H26F3N7O. The third-order valence-electron chi connectivity index (χ3n) is 7.39. The van der Waals surface area contributed by atoms with Crippen LogP contribution in [-0.2, 0) is 36.3 Å². The van der Waals surface area contributed by atoms with Gasteiger partial charge in [0.1, 0.15) is 23.5 Å². The molecule has 11 heteroatoms. The molecule has 1 aliphatic carbocycles. The number of nitrogens with one attached hydrogen (secondary N) is 2. The zero-order chi connectivity index (χ0) is 24.9. The average molecular weight is 498 g/mol. The maximum atomic E-state index is 13.8. The number of benzene rings is 1. The van der Waals surface area contributed by atoms with Crippen LogP contribution in [0.2, 0.25) is 0 Å². The number of ether oxygens (including phenoxy) is 1. The molecule has 0 atom stereocenters. The van der Waals surface area contributed by atoms with Gasteiger partial charge in [-0.25, -0.2) is 4.98 Å². The molecule has 0 radical (unpaired) electrons. The molecule has 0 unspecified atom stereocenters. The average Bonchev–Trinajstić information content (AvgIpc) is 3.40. The second-order valence-electron chi connectivity index (χ2n) is 9.84. The van der Waals surface area contributed by atoms with Crippen molar-refractivity contribution < 1.29 is 17.9 Å². The van der Waals surface area contributed by atoms with Crippen molar-refractivity contribution in [2.24, 2.45) is 7.05 Å². The molecule has 8 nitrogen and oxygen atoms in total. The highest BCUT2D eigenvalue weighted by atomic mass is 19.4. The zero-order valence-electron chi connectivity index (χ0n) is 19.8. The Bertz CT molecular complexity index is 1400. The Labute approximate surface area is 205 Å². The molecule has 1 saturated carbocycles. The van der Waals surface area contributed by atoms with Crippen molar-refractivity contribution >= 4 is 10.9 Å². The van der Waals surface area contributed by atoms with E-state index in [4.69, 9.17) is 4.74 Å². The van der Waals surface area contributed by atoms with Crippen molar-refractivity contribution in [2.75, 3.05) is 13.2 Å². The highest BCUT2D eigenvalue weighted by Gasteiger charge is 2.42. The lowest BCUT2D eigenvalue weighted by molar-refractivity contribution is -0.141. The summed E-state index contributed by atoms with van der Waals surface area (Å²) in [5, 5.41) is 19.3. The van der Waals surface area contributed by atoms with Gasteiger partial charge in [-0.3, -0.25) is 5.10 Å². The highest BCUT2D eigenvalue weighted by molar-refractivity contribution is 5.94. The van der Waals surface area contributed by atoms with Crippen LogP contribution in [0.25, 0.3) is 22.2 Å². The summed E-state index contributed by atoms with van der Waals surface area (Å²) >= 11 is 0. The molecule has 2 fully saturated rings. The minimum atomic E-state index is -4.56. The number of aromatic nitrogens is 6. The predicted octanol–water partition coefficient (Wildman–Crippen LogP) is 3.93. The van der Waals surface area contributed by atoms with Gasteiger partial charge < -0.3 is 14.6 Å². The summed E-state index contributed by atoms with van der Waals surface area (Å²) in [5.74, 6) is 0.846. The van der Waals surface area contributed by atoms with Gasteiger partial charge in [0.25, 0.3) is 0 Å². The van der Waals surface area contributed by atoms with Crippen LogP contribution in [0.15, 0.2) is 36.7 Å². The number of rotatable bonds is 7. The topological polar surface area (TPSA) is 93.5 Å². The first-order chi connectivity index (χ1) is 17.3. The molecule has 36 heavy (non-hydrogen) atoms. The van der Waals surface area contributed by atoms with Crippen LogP contribution in [0.4, 0.5) is 13.2 Å². The number of aryl methyl sites for hydroxylation is 1. The van der Waals surface area contributed by atoms with Gasteiger partial charge >= 0.3 is 6.18 Å². The Morgan fingerprint density at radius 1 is 1.22 bits per heavy atom. The maximum Gasteiger partial charge on any atom is 0.433 e. The Morgan fingerprint density at radius 2 is 2.06 bits per heavy atom. The van der Waals surface area contributed by atoms with Gasteiger partial charge in [-0.15, -0.1) is 10.2 Å². The number of pyridine rings is 1. The van der Waals surface area contributed by atoms with Gasteiger partial charge in [0.15, 0.2) is 0 Å². The smallest absolute Gasteiger partial charge is 0.379 e. The fourth-order valence-electron chi connectivity index (χ4n) is 4.91. The summed E-state index contributed by atoms with van der Waals surface area (Å²) in [6.07, 6.45) is 0.952. The number of aromatic amines is 1. The fourth-order valence-corrected chi connectivity index (χ4v) is 4.91. The fraction of sp³-hybridized carbons (Fsp3) is 0.440. The molecule has 4 heterocycles. The van der Waals surface area contributed by atoms with E-state index in [9.17, 15) is 13.2 Å². The number of nitrogens with zero attached hydrogens (tertiary/aromatic N) is 5. The number of hydrogen-bond acceptors (Lipinski definition) is 6. The van der Waals surface area contributed by atoms with E-state index in [2.05, 4.69) is 30.7 Å². The van der Waals surface area contributed by atoms with E-state index in [0.717, 1.165) is 42.3 Å². The van der Waals surface area contributed by atoms with E-state index in [1.165, 1.54) is 0 Å². The second-order valence-corrected chi connectivity index (χ2v) is 9.84. The molecule has 2 N–H and O–H groups in total. The van der Waals surface area contributed by atoms with Crippen LogP contribution >= 0.6 is 0 Å². The standard InChI is InChI=1S/C25H26F3N7O/c1-35-14-30-32-21(35)10-24(12-36-13-24)16-5-2-4-15(8-16)22-18-9-20(25(26,27)28)31-19(23(18)34-33-22)11-29-17-6-3-7-17/h2,4-5,8-9,14,17,29H,3,6-7,10-13H2,1H3,(H,33,34). The van der Waals surface area contributed by atoms with Gasteiger partial charge in [-0.2, -0.15) is 18.3 Å². The minimum absolute atomic E-state index is 0.255. The van der Waals surface area contributed by atoms with Crippen molar-refractivity contribution in [1.82, 2.24) is 35.3 Å². The Morgan fingerprint density at radius 3 is 2.69 bits per heavy atom. The van der Waals surface area contributed by atoms with Crippen LogP contribution in [0.5, 0.6) is 0 Å². The second kappa shape index (κ2) is 8.67. The lowest BCUT2D eigenvalue weighted by Gasteiger charge is -2.41. The van der Waals surface area contributed by atoms with Crippen molar-refractivity contribution in [3.8, 4) is 11.3 Å². The van der Waals surface area contributed by atoms with Crippen molar-refractivity contribution in [1.29, 1.82) is 0 Å². The summed E-state index contributed by atoms with van der Waals surface area (Å²) < 4.78 is 48.8. The molecule has 0 spiro atoms. The van der Waals surface area contributed by atoms with Crippen LogP contribution in [0.3, 0.4) is 0 Å². The number of halogens is 3. The van der Waals surface area contributed by atoms with E-state index in [1.807, 2.05) is 35.9 Å². The van der Waals surface area contributed by atoms with Crippen LogP contribution in [-0.4, -0.2) is 49.2 Å². The Balaban J connectivity index is 1.39. The molecule has 0 bridgehead atoms. The maximum absolute atomic E-state index is 13.8. The van der Waals surface area contributed by atoms with Crippen molar-refractivity contribution in [3.05, 3.63) is 59.4 Å². The van der Waals surface area contributed by atoms with Crippen LogP contribution in [0.1, 0.15) is 42.0 Å². The number of hydrogen-bond donors (Lipinski definition) is 2. The van der Waals surface area contributed by atoms with Gasteiger partial charge in [-0.05, 0) is 30.5 Å². The number of H-pyrrole nitrogens is 1. The van der Waals surface area contributed by atoms with Crippen molar-refractivity contribution in [3.63, 3.8) is 0 Å². The third kappa shape index (κ3) is 4.05. The molecule has 2 aliphatic rings. The minimum Gasteiger partial charge on any atom is -0.379 e. The largest absolute Gasteiger partial charge is 0.433 e. The monoisotopic (exact) mass is 497 g/mol. The van der Waals surface area contributed by atoms with Crippen molar-refractivity contribution in [2.45, 2.75) is 49.9 Å². The van der Waals surface area contributed by atoms with Gasteiger partial charge in [-0.1, -0.05) is 24.6 Å². The first-order valence-corrected chi connectivity index (χ1v) is 12.0. The molecule has 188 valence electrons. The summed E-state index contributed by atoms with van der Waals surface area (Å²) in [6, 6.07) is 9.21. The summed E-state index contributed by atoms with van der Waals surface area (Å²) in [4.78, 5) is 3.95. The van der Waals surface area contributed by atoms with Crippen LogP contribution in [0, 0.1) is 0 Å². The SMILES string of the molecule is Cn1cnnc1CC1(c2cccc(-c3n[nH]c4c(CNC5CCC5)nc(C(F)(F)F)cc34)c2)COC1. The summed E-state index contributed by atoms with van der Waals surface area (Å²) in [6.45, 7) is 1.32. The first kappa shape index (κ1) is 23.1. The Kier molecular flexibility index (Phi) is 5.56. The molecular weight excluding hydrogens is 471 g/mol. The molecule has 6 rings (SSSR count). The van der Waals surface area contributed by atoms with E-state index < -0.39 is 11.9 Å². The molecule has 1 saturated heterocycles. The van der Waals surface area contributed by atoms with E-state index >= 15 is 0 Å². The molecule has 0 amide bonds. The predicted molar refractivity (Wildman–Crippen MR) is 126 cm³/mol. The normalized spacial score (nSPS) is 17.8. The number of alkyl halides is 3. The third-order valence-corrected chi connectivity index (χ3v) is 7.39. The highest BCUT2D eigenvalue weighted by Crippen LogP contribution is 2.39. The Hall–Kier alpha value is -3.31. The lowest BCUT2D eigenvalue weighted by atomic mass is 9.75. The van der Waals surface area contributed by atoms with E-state index in [0.29, 0.717) is 48.0 Å². The lowest BCUT2D eigenvalue weighted by Crippen LogP contribution is -2.49. The van der Waals surface area contributed by atoms with Gasteiger partial charge in [0, 0.05) is 42.4 Å². The first-order valence-electron chi connectivity index (χ1n) is 12.0. The van der Waals surface area contributed by atoms with Crippen LogP contribution < -0.4 is 5.32 Å². The molecule has 1 aromatic carbocycles. The molecule has 4 aromatic rings. The quantitative estimate of drug-likeness (QED) is 0.402. The van der Waals surface area contributed by atoms with E-state index in [-0.39, 0.29) is 12.0 Å². The summed E-state index contributed by atoms with van der Waals surface area (Å²) in [5.41, 5.74) is 1.90. The van der Waals surface area contributed by atoms with Gasteiger partial charge in [0.05, 0.1) is 24.4 Å².